The lowest BCUT2D eigenvalue weighted by molar-refractivity contribution is -0.462. The van der Waals surface area contributed by atoms with Crippen LogP contribution in [0.4, 0.5) is 10.5 Å². The molecule has 2 fully saturated rings. The van der Waals surface area contributed by atoms with Gasteiger partial charge >= 0.3 is 6.03 Å². The predicted octanol–water partition coefficient (Wildman–Crippen LogP) is 2.70. The smallest absolute Gasteiger partial charge is 0.315 e. The Morgan fingerprint density at radius 2 is 1.62 bits per heavy atom. The monoisotopic (exact) mass is 1070 g/mol. The minimum absolute atomic E-state index is 0.0354. The van der Waals surface area contributed by atoms with Crippen molar-refractivity contribution in [1.82, 2.24) is 31.9 Å². The molecule has 6 amide bonds. The molecule has 0 spiro atoms. The number of rotatable bonds is 32. The van der Waals surface area contributed by atoms with Crippen molar-refractivity contribution >= 4 is 58.8 Å². The molecule has 3 heterocycles. The molecule has 4 aliphatic rings. The molecular formula is C53H73N11O11S. The number of unbranched alkanes of at least 4 members (excludes halogenated alkanes) is 2. The molecule has 23 heteroatoms. The van der Waals surface area contributed by atoms with Crippen LogP contribution in [0.15, 0.2) is 65.3 Å². The molecule has 76 heavy (non-hydrogen) atoms. The first kappa shape index (κ1) is 58.6. The maximum Gasteiger partial charge on any atom is 0.315 e. The maximum absolute atomic E-state index is 14.1. The minimum atomic E-state index is -1.42. The van der Waals surface area contributed by atoms with Gasteiger partial charge in [0.15, 0.2) is 5.71 Å². The Balaban J connectivity index is 0.885. The average Bonchev–Trinajstić information content (AvgIpc) is 3.97. The summed E-state index contributed by atoms with van der Waals surface area (Å²) in [6, 6.07) is 9.18. The standard InChI is InChI=1S/C53H73N11O11S/c1-63(2)35-15-18-43-39(30-35)48(40-31-36(64(3)4)16-19-44(40)75-43)38-29-34(14-17-37(38)52(69)70)50(67)59-41(11-7-8-22-58-62-54)51(68)57-32-47(66)56-21-10-24-73-26-28-74-27-25-72-23-9-20-55-46(65)13-6-5-12-45-49-42(33-76-45)60-53(71)61-49/h14-19,29-31,41-43,45,48-49H,5-13,20-28,32-33H2,1-4H3,(H6-,55,56,57,59,60,61,65,66,67,68,69,70,71)/t41-,42-,43?,45-,48?,49-/m0/s1. The van der Waals surface area contributed by atoms with Gasteiger partial charge in [-0.1, -0.05) is 24.0 Å². The lowest BCUT2D eigenvalue weighted by Gasteiger charge is -2.36. The summed E-state index contributed by atoms with van der Waals surface area (Å²) < 4.78 is 25.1. The second-order valence-electron chi connectivity index (χ2n) is 19.3. The normalized spacial score (nSPS) is 19.3. The van der Waals surface area contributed by atoms with Crippen LogP contribution < -0.4 is 46.6 Å². The summed E-state index contributed by atoms with van der Waals surface area (Å²) in [5.74, 6) is -2.22. The lowest BCUT2D eigenvalue weighted by Crippen LogP contribution is -2.49. The molecule has 0 bridgehead atoms. The number of fused-ring (bicyclic) bond motifs is 3. The van der Waals surface area contributed by atoms with Crippen molar-refractivity contribution in [1.29, 1.82) is 0 Å². The topological polar surface area (TPSA) is 290 Å². The summed E-state index contributed by atoms with van der Waals surface area (Å²) in [5.41, 5.74) is 12.3. The van der Waals surface area contributed by atoms with E-state index in [2.05, 4.69) is 41.9 Å². The number of aromatic carboxylic acids is 1. The number of nitrogens with one attached hydrogen (secondary N) is 6. The van der Waals surface area contributed by atoms with Crippen LogP contribution in [0.1, 0.15) is 95.5 Å². The number of thioether (sulfide) groups is 1. The fraction of sp³-hybridized carbons (Fsp3) is 0.566. The summed E-state index contributed by atoms with van der Waals surface area (Å²) in [4.78, 5) is 81.7. The Kier molecular flexibility index (Phi) is 23.3. The third-order valence-corrected chi connectivity index (χ3v) is 14.9. The molecular weight excluding hydrogens is 999 g/mol. The highest BCUT2D eigenvalue weighted by Gasteiger charge is 2.43. The molecule has 6 N–H and O–H groups in total. The quantitative estimate of drug-likeness (QED) is 0.0154. The van der Waals surface area contributed by atoms with Gasteiger partial charge in [-0.2, -0.15) is 11.8 Å². The van der Waals surface area contributed by atoms with Gasteiger partial charge in [-0.15, -0.1) is 0 Å². The Hall–Kier alpha value is -6.65. The molecule has 2 aromatic rings. The molecule has 3 aliphatic heterocycles. The zero-order valence-electron chi connectivity index (χ0n) is 43.9. The van der Waals surface area contributed by atoms with E-state index in [0.29, 0.717) is 107 Å². The lowest BCUT2D eigenvalue weighted by atomic mass is 9.76. The summed E-state index contributed by atoms with van der Waals surface area (Å²) in [5, 5.41) is 33.8. The molecule has 2 saturated heterocycles. The Morgan fingerprint density at radius 3 is 2.32 bits per heavy atom. The van der Waals surface area contributed by atoms with Crippen LogP contribution >= 0.6 is 11.8 Å². The number of allylic oxidation sites excluding steroid dienone is 2. The van der Waals surface area contributed by atoms with Crippen LogP contribution in [0.2, 0.25) is 0 Å². The van der Waals surface area contributed by atoms with Crippen molar-refractivity contribution < 1.29 is 57.4 Å². The summed E-state index contributed by atoms with van der Waals surface area (Å²) in [7, 11) is 7.60. The molecule has 0 aromatic heterocycles. The van der Waals surface area contributed by atoms with Crippen molar-refractivity contribution in [3.63, 3.8) is 0 Å². The van der Waals surface area contributed by atoms with Gasteiger partial charge in [0.2, 0.25) is 17.7 Å². The second kappa shape index (κ2) is 30.2. The van der Waals surface area contributed by atoms with Crippen molar-refractivity contribution in [2.45, 2.75) is 93.2 Å². The number of hydrogen-bond donors (Lipinski definition) is 6. The third kappa shape index (κ3) is 17.5. The first-order valence-corrected chi connectivity index (χ1v) is 27.1. The number of carboxylic acids is 1. The van der Waals surface area contributed by atoms with Gasteiger partial charge in [0.25, 0.3) is 5.91 Å². The van der Waals surface area contributed by atoms with E-state index in [0.717, 1.165) is 42.0 Å². The van der Waals surface area contributed by atoms with Crippen molar-refractivity contribution in [2.75, 3.05) is 105 Å². The zero-order chi connectivity index (χ0) is 54.4. The number of carboxylic acid groups (broad SMARTS) is 1. The molecule has 2 aromatic carbocycles. The Labute approximate surface area is 448 Å². The van der Waals surface area contributed by atoms with Crippen molar-refractivity contribution in [3.8, 4) is 5.75 Å². The predicted molar refractivity (Wildman–Crippen MR) is 286 cm³/mol. The first-order chi connectivity index (χ1) is 36.7. The number of urea groups is 1. The van der Waals surface area contributed by atoms with E-state index < -0.39 is 41.8 Å². The number of ether oxygens (including phenoxy) is 4. The van der Waals surface area contributed by atoms with Gasteiger partial charge in [0.05, 0.1) is 51.0 Å². The fourth-order valence-electron chi connectivity index (χ4n) is 9.32. The highest BCUT2D eigenvalue weighted by Crippen LogP contribution is 2.47. The highest BCUT2D eigenvalue weighted by atomic mass is 32.2. The van der Waals surface area contributed by atoms with Crippen LogP contribution in [-0.2, 0) is 28.6 Å². The SMILES string of the molecule is CN(C)c1ccc2c(c1)C(c1cc(C(=O)N[C@@H](CCCCN=[N+]=[N-])C(=O)NCC(=O)NCCCOCCOCCOCCCNC(=O)CCCC[C@@H]3SC[C@@H]4NC(=O)N[C@@H]43)ccc1C(=O)[O-])C1=CC(=[N+](C)C)C=CC1O2. The first-order valence-electron chi connectivity index (χ1n) is 26.1. The summed E-state index contributed by atoms with van der Waals surface area (Å²) in [6.45, 7) is 3.10. The minimum Gasteiger partial charge on any atom is -0.545 e. The van der Waals surface area contributed by atoms with Gasteiger partial charge in [-0.3, -0.25) is 19.2 Å². The number of amides is 6. The number of azide groups is 1. The number of carbonyl (C=O) groups excluding carboxylic acids is 6. The van der Waals surface area contributed by atoms with Gasteiger partial charge in [-0.05, 0) is 91.6 Å². The van der Waals surface area contributed by atoms with Gasteiger partial charge in [-0.25, -0.2) is 9.37 Å². The number of hydrogen-bond acceptors (Lipinski definition) is 14. The molecule has 1 aliphatic carbocycles. The van der Waals surface area contributed by atoms with E-state index in [9.17, 15) is 33.9 Å². The van der Waals surface area contributed by atoms with Crippen LogP contribution in [-0.4, -0.2) is 175 Å². The highest BCUT2D eigenvalue weighted by molar-refractivity contribution is 8.00. The average molecular weight is 1070 g/mol. The van der Waals surface area contributed by atoms with E-state index in [-0.39, 0.29) is 54.7 Å². The fourth-order valence-corrected chi connectivity index (χ4v) is 10.9. The largest absolute Gasteiger partial charge is 0.545 e. The number of benzene rings is 2. The Morgan fingerprint density at radius 1 is 0.895 bits per heavy atom. The van der Waals surface area contributed by atoms with E-state index in [1.54, 1.807) is 0 Å². The second-order valence-corrected chi connectivity index (χ2v) is 20.6. The number of carbonyl (C=O) groups is 6. The van der Waals surface area contributed by atoms with Crippen molar-refractivity contribution in [3.05, 3.63) is 92.9 Å². The molecule has 2 unspecified atom stereocenters. The third-order valence-electron chi connectivity index (χ3n) is 13.4. The van der Waals surface area contributed by atoms with Crippen LogP contribution in [0.5, 0.6) is 5.75 Å². The Bertz CT molecular complexity index is 2510. The van der Waals surface area contributed by atoms with E-state index >= 15 is 0 Å². The van der Waals surface area contributed by atoms with E-state index in [4.69, 9.17) is 24.5 Å². The zero-order valence-corrected chi connectivity index (χ0v) is 44.8. The summed E-state index contributed by atoms with van der Waals surface area (Å²) in [6.07, 6.45) is 10.8. The van der Waals surface area contributed by atoms with Gasteiger partial charge in [0.1, 0.15) is 32.0 Å². The van der Waals surface area contributed by atoms with Crippen LogP contribution in [0.3, 0.4) is 0 Å². The van der Waals surface area contributed by atoms with Crippen LogP contribution in [0, 0.1) is 0 Å². The number of anilines is 1. The maximum atomic E-state index is 14.1. The van der Waals surface area contributed by atoms with Gasteiger partial charge < -0.3 is 65.6 Å². The summed E-state index contributed by atoms with van der Waals surface area (Å²) >= 11 is 1.88. The van der Waals surface area contributed by atoms with Crippen molar-refractivity contribution in [2.24, 2.45) is 5.11 Å². The molecule has 412 valence electrons. The van der Waals surface area contributed by atoms with Crippen LogP contribution in [0.25, 0.3) is 10.4 Å². The molecule has 22 nitrogen and oxygen atoms in total. The molecule has 6 rings (SSSR count). The van der Waals surface area contributed by atoms with Gasteiger partial charge in [0, 0.05) is 110 Å². The molecule has 0 radical (unpaired) electrons. The van der Waals surface area contributed by atoms with E-state index in [1.807, 2.05) is 85.9 Å². The molecule has 6 atom stereocenters. The molecule has 0 saturated carbocycles. The number of nitrogens with zero attached hydrogens (tertiary/aromatic N) is 5. The van der Waals surface area contributed by atoms with E-state index in [1.165, 1.54) is 18.2 Å².